The number of aromatic nitrogens is 2. The monoisotopic (exact) mass is 430 g/mol. The van der Waals surface area contributed by atoms with Gasteiger partial charge in [0.1, 0.15) is 0 Å². The van der Waals surface area contributed by atoms with Crippen molar-refractivity contribution in [2.45, 2.75) is 51.2 Å². The van der Waals surface area contributed by atoms with E-state index in [1.54, 1.807) is 0 Å². The lowest BCUT2D eigenvalue weighted by Gasteiger charge is -2.16. The zero-order valence-corrected chi connectivity index (χ0v) is 18.4. The third-order valence-corrected chi connectivity index (χ3v) is 6.08. The first-order chi connectivity index (χ1) is 15.2. The Morgan fingerprint density at radius 2 is 1.84 bits per heavy atom. The summed E-state index contributed by atoms with van der Waals surface area (Å²) in [6.45, 7) is 1.54. The molecule has 158 valence electrons. The van der Waals surface area contributed by atoms with Crippen LogP contribution in [-0.2, 0) is 19.5 Å². The van der Waals surface area contributed by atoms with E-state index in [0.29, 0.717) is 11.6 Å². The third kappa shape index (κ3) is 6.07. The van der Waals surface area contributed by atoms with Gasteiger partial charge in [0.25, 0.3) is 0 Å². The molecule has 2 aromatic carbocycles. The standard InChI is InChI=1S/C26H27ClN4/c27-24-11-9-20(10-12-24)13-23-3-1-2-4-25(14-23)30-17-26-16-29-19-31(26)18-22-7-5-21(15-28)6-8-22/h5-12,14,16,19,25,30H,1-4,13,17-18H2. The molecule has 5 heteroatoms. The lowest BCUT2D eigenvalue weighted by Crippen LogP contribution is -2.27. The van der Waals surface area contributed by atoms with Crippen molar-refractivity contribution in [1.29, 1.82) is 5.26 Å². The van der Waals surface area contributed by atoms with Crippen molar-refractivity contribution in [3.8, 4) is 6.07 Å². The van der Waals surface area contributed by atoms with E-state index in [9.17, 15) is 0 Å². The van der Waals surface area contributed by atoms with Gasteiger partial charge in [-0.1, -0.05) is 53.9 Å². The number of hydrogen-bond donors (Lipinski definition) is 1. The number of nitriles is 1. The van der Waals surface area contributed by atoms with Crippen LogP contribution in [0.25, 0.3) is 0 Å². The number of hydrogen-bond acceptors (Lipinski definition) is 3. The molecule has 31 heavy (non-hydrogen) atoms. The molecule has 4 nitrogen and oxygen atoms in total. The highest BCUT2D eigenvalue weighted by Gasteiger charge is 2.13. The Balaban J connectivity index is 1.38. The van der Waals surface area contributed by atoms with Crippen LogP contribution < -0.4 is 5.32 Å². The number of nitrogens with zero attached hydrogens (tertiary/aromatic N) is 3. The molecule has 3 aromatic rings. The van der Waals surface area contributed by atoms with Crippen LogP contribution in [0.1, 0.15) is 48.1 Å². The highest BCUT2D eigenvalue weighted by Crippen LogP contribution is 2.22. The lowest BCUT2D eigenvalue weighted by atomic mass is 10.0. The van der Waals surface area contributed by atoms with E-state index in [2.05, 4.69) is 39.1 Å². The Hall–Kier alpha value is -2.87. The first kappa shape index (κ1) is 21.4. The molecule has 0 radical (unpaired) electrons. The fourth-order valence-electron chi connectivity index (χ4n) is 4.10. The second-order valence-corrected chi connectivity index (χ2v) is 8.62. The van der Waals surface area contributed by atoms with Crippen molar-refractivity contribution in [1.82, 2.24) is 14.9 Å². The van der Waals surface area contributed by atoms with E-state index in [-0.39, 0.29) is 0 Å². The molecule has 1 heterocycles. The number of benzene rings is 2. The number of imidazole rings is 1. The molecule has 1 aromatic heterocycles. The maximum absolute atomic E-state index is 8.97. The molecular weight excluding hydrogens is 404 g/mol. The summed E-state index contributed by atoms with van der Waals surface area (Å²) in [7, 11) is 0. The molecule has 1 N–H and O–H groups in total. The van der Waals surface area contributed by atoms with Gasteiger partial charge >= 0.3 is 0 Å². The third-order valence-electron chi connectivity index (χ3n) is 5.82. The van der Waals surface area contributed by atoms with Crippen molar-refractivity contribution in [3.05, 3.63) is 100 Å². The molecular formula is C26H27ClN4. The minimum Gasteiger partial charge on any atom is -0.329 e. The summed E-state index contributed by atoms with van der Waals surface area (Å²) >= 11 is 6.03. The first-order valence-corrected chi connectivity index (χ1v) is 11.2. The van der Waals surface area contributed by atoms with Gasteiger partial charge in [-0.2, -0.15) is 5.26 Å². The van der Waals surface area contributed by atoms with Crippen molar-refractivity contribution in [2.24, 2.45) is 0 Å². The molecule has 0 aliphatic heterocycles. The van der Waals surface area contributed by atoms with E-state index in [4.69, 9.17) is 16.9 Å². The molecule has 1 aliphatic rings. The second kappa shape index (κ2) is 10.4. The summed E-state index contributed by atoms with van der Waals surface area (Å²) in [5.41, 5.74) is 5.84. The Morgan fingerprint density at radius 3 is 2.61 bits per heavy atom. The Morgan fingerprint density at radius 1 is 1.06 bits per heavy atom. The minimum absolute atomic E-state index is 0.378. The van der Waals surface area contributed by atoms with Gasteiger partial charge in [0.05, 0.1) is 23.7 Å². The van der Waals surface area contributed by atoms with Crippen molar-refractivity contribution < 1.29 is 0 Å². The summed E-state index contributed by atoms with van der Waals surface area (Å²) in [6, 6.07) is 18.5. The Bertz CT molecular complexity index is 1060. The second-order valence-electron chi connectivity index (χ2n) is 8.18. The van der Waals surface area contributed by atoms with E-state index < -0.39 is 0 Å². The molecule has 1 unspecified atom stereocenters. The number of nitrogens with one attached hydrogen (secondary N) is 1. The smallest absolute Gasteiger partial charge is 0.0991 e. The SMILES string of the molecule is N#Cc1ccc(Cn2cncc2CNC2C=C(Cc3ccc(Cl)cc3)CCCC2)cc1. The van der Waals surface area contributed by atoms with Crippen molar-refractivity contribution >= 4 is 11.6 Å². The van der Waals surface area contributed by atoms with Gasteiger partial charge in [-0.05, 0) is 61.1 Å². The van der Waals surface area contributed by atoms with Crippen molar-refractivity contribution in [3.63, 3.8) is 0 Å². The summed E-state index contributed by atoms with van der Waals surface area (Å²) in [6.07, 6.45) is 12.0. The van der Waals surface area contributed by atoms with Gasteiger partial charge in [-0.3, -0.25) is 0 Å². The molecule has 1 aliphatic carbocycles. The lowest BCUT2D eigenvalue weighted by molar-refractivity contribution is 0.525. The number of halogens is 1. The zero-order chi connectivity index (χ0) is 21.5. The molecule has 0 spiro atoms. The zero-order valence-electron chi connectivity index (χ0n) is 17.6. The van der Waals surface area contributed by atoms with Crippen LogP contribution in [0.4, 0.5) is 0 Å². The van der Waals surface area contributed by atoms with Gasteiger partial charge in [0, 0.05) is 30.4 Å². The van der Waals surface area contributed by atoms with Crippen LogP contribution in [0.2, 0.25) is 5.02 Å². The fourth-order valence-corrected chi connectivity index (χ4v) is 4.22. The van der Waals surface area contributed by atoms with E-state index >= 15 is 0 Å². The van der Waals surface area contributed by atoms with E-state index in [0.717, 1.165) is 42.9 Å². The maximum Gasteiger partial charge on any atom is 0.0991 e. The first-order valence-electron chi connectivity index (χ1n) is 10.8. The molecule has 4 rings (SSSR count). The highest BCUT2D eigenvalue weighted by molar-refractivity contribution is 6.30. The molecule has 0 saturated heterocycles. The van der Waals surface area contributed by atoms with Gasteiger partial charge in [-0.25, -0.2) is 4.98 Å². The summed E-state index contributed by atoms with van der Waals surface area (Å²) < 4.78 is 2.17. The largest absolute Gasteiger partial charge is 0.329 e. The molecule has 0 bridgehead atoms. The topological polar surface area (TPSA) is 53.6 Å². The molecule has 0 fully saturated rings. The predicted octanol–water partition coefficient (Wildman–Crippen LogP) is 5.66. The van der Waals surface area contributed by atoms with Crippen LogP contribution >= 0.6 is 11.6 Å². The summed E-state index contributed by atoms with van der Waals surface area (Å²) in [5, 5.41) is 13.5. The highest BCUT2D eigenvalue weighted by atomic mass is 35.5. The van der Waals surface area contributed by atoms with E-state index in [1.165, 1.54) is 29.7 Å². The number of rotatable bonds is 7. The molecule has 0 amide bonds. The van der Waals surface area contributed by atoms with Gasteiger partial charge in [-0.15, -0.1) is 0 Å². The van der Waals surface area contributed by atoms with Crippen molar-refractivity contribution in [2.75, 3.05) is 0 Å². The average Bonchev–Trinajstić information content (AvgIpc) is 3.11. The number of allylic oxidation sites excluding steroid dienone is 1. The minimum atomic E-state index is 0.378. The Labute approximate surface area is 189 Å². The predicted molar refractivity (Wildman–Crippen MR) is 125 cm³/mol. The van der Waals surface area contributed by atoms with Crippen LogP contribution in [0.3, 0.4) is 0 Å². The van der Waals surface area contributed by atoms with Gasteiger partial charge in [0.2, 0.25) is 0 Å². The quantitative estimate of drug-likeness (QED) is 0.492. The van der Waals surface area contributed by atoms with E-state index in [1.807, 2.05) is 48.9 Å². The normalized spacial score (nSPS) is 16.4. The summed E-state index contributed by atoms with van der Waals surface area (Å²) in [5.74, 6) is 0. The van der Waals surface area contributed by atoms with Crippen LogP contribution in [-0.4, -0.2) is 15.6 Å². The van der Waals surface area contributed by atoms with Crippen LogP contribution in [0.15, 0.2) is 72.7 Å². The molecule has 0 saturated carbocycles. The summed E-state index contributed by atoms with van der Waals surface area (Å²) in [4.78, 5) is 4.36. The van der Waals surface area contributed by atoms with Gasteiger partial charge in [0.15, 0.2) is 0 Å². The van der Waals surface area contributed by atoms with Crippen LogP contribution in [0, 0.1) is 11.3 Å². The van der Waals surface area contributed by atoms with Gasteiger partial charge < -0.3 is 9.88 Å². The Kier molecular flexibility index (Phi) is 7.19. The van der Waals surface area contributed by atoms with Crippen LogP contribution in [0.5, 0.6) is 0 Å². The fraction of sp³-hybridized carbons (Fsp3) is 0.308. The molecule has 1 atom stereocenters. The average molecular weight is 431 g/mol. The maximum atomic E-state index is 8.97.